The third-order valence-corrected chi connectivity index (χ3v) is 4.23. The molecule has 0 aliphatic heterocycles. The van der Waals surface area contributed by atoms with E-state index < -0.39 is 0 Å². The number of nitrogens with one attached hydrogen (secondary N) is 1. The van der Waals surface area contributed by atoms with Crippen molar-refractivity contribution in [1.82, 2.24) is 10.2 Å². The van der Waals surface area contributed by atoms with Crippen molar-refractivity contribution in [3.63, 3.8) is 0 Å². The van der Waals surface area contributed by atoms with Gasteiger partial charge in [0.2, 0.25) is 0 Å². The summed E-state index contributed by atoms with van der Waals surface area (Å²) in [6, 6.07) is 8.20. The molecule has 25 heavy (non-hydrogen) atoms. The van der Waals surface area contributed by atoms with Crippen molar-refractivity contribution in [3.05, 3.63) is 29.8 Å². The summed E-state index contributed by atoms with van der Waals surface area (Å²) < 4.78 is 11.4. The van der Waals surface area contributed by atoms with Crippen LogP contribution in [-0.2, 0) is 11.2 Å². The van der Waals surface area contributed by atoms with Crippen LogP contribution in [0.5, 0.6) is 5.75 Å². The van der Waals surface area contributed by atoms with E-state index in [-0.39, 0.29) is 0 Å². The Morgan fingerprint density at radius 3 is 2.80 bits per heavy atom. The molecule has 0 unspecified atom stereocenters. The number of ether oxygens (including phenoxy) is 2. The van der Waals surface area contributed by atoms with Crippen molar-refractivity contribution in [1.29, 1.82) is 0 Å². The van der Waals surface area contributed by atoms with E-state index in [0.717, 1.165) is 56.9 Å². The third-order valence-electron chi connectivity index (χ3n) is 4.23. The van der Waals surface area contributed by atoms with Crippen molar-refractivity contribution < 1.29 is 9.47 Å². The molecule has 1 aromatic rings. The van der Waals surface area contributed by atoms with E-state index in [0.29, 0.717) is 6.61 Å². The molecule has 1 fully saturated rings. The number of benzene rings is 1. The van der Waals surface area contributed by atoms with Crippen molar-refractivity contribution >= 4 is 5.96 Å². The van der Waals surface area contributed by atoms with Crippen LogP contribution in [0.25, 0.3) is 0 Å². The van der Waals surface area contributed by atoms with Gasteiger partial charge in [-0.25, -0.2) is 0 Å². The zero-order valence-corrected chi connectivity index (χ0v) is 16.0. The first-order valence-electron chi connectivity index (χ1n) is 9.52. The van der Waals surface area contributed by atoms with Gasteiger partial charge in [0.25, 0.3) is 0 Å². The lowest BCUT2D eigenvalue weighted by Gasteiger charge is -2.22. The van der Waals surface area contributed by atoms with Gasteiger partial charge in [-0.1, -0.05) is 18.2 Å². The first kappa shape index (κ1) is 19.6. The summed E-state index contributed by atoms with van der Waals surface area (Å²) in [4.78, 5) is 6.90. The van der Waals surface area contributed by atoms with Gasteiger partial charge >= 0.3 is 0 Å². The highest BCUT2D eigenvalue weighted by molar-refractivity contribution is 5.79. The van der Waals surface area contributed by atoms with Gasteiger partial charge in [-0.05, 0) is 50.7 Å². The first-order valence-corrected chi connectivity index (χ1v) is 9.52. The van der Waals surface area contributed by atoms with Crippen LogP contribution in [0.2, 0.25) is 0 Å². The Hall–Kier alpha value is -1.75. The molecular weight excluding hydrogens is 314 g/mol. The summed E-state index contributed by atoms with van der Waals surface area (Å²) in [5, 5.41) is 3.36. The van der Waals surface area contributed by atoms with Crippen LogP contribution >= 0.6 is 0 Å². The number of rotatable bonds is 11. The molecular formula is C20H33N3O2. The molecule has 1 N–H and O–H groups in total. The van der Waals surface area contributed by atoms with Crippen LogP contribution in [0.3, 0.4) is 0 Å². The molecule has 140 valence electrons. The number of aliphatic imine (C=N–C) groups is 1. The molecule has 0 amide bonds. The molecule has 0 heterocycles. The van der Waals surface area contributed by atoms with Crippen molar-refractivity contribution in [3.8, 4) is 5.75 Å². The fourth-order valence-corrected chi connectivity index (χ4v) is 2.60. The standard InChI is InChI=1S/C20H33N3O2/c1-4-21-20(23(3)14-15-24-16-17-10-11-17)22-13-12-18-8-6-7-9-19(18)25-5-2/h6-9,17H,4-5,10-16H2,1-3H3,(H,21,22). The predicted octanol–water partition coefficient (Wildman–Crippen LogP) is 2.95. The Morgan fingerprint density at radius 1 is 1.28 bits per heavy atom. The SMILES string of the molecule is CCNC(=NCCc1ccccc1OCC)N(C)CCOCC1CC1. The number of hydrogen-bond donors (Lipinski definition) is 1. The van der Waals surface area contributed by atoms with Crippen LogP contribution in [0.15, 0.2) is 29.3 Å². The summed E-state index contributed by atoms with van der Waals surface area (Å²) in [5.41, 5.74) is 1.21. The maximum atomic E-state index is 5.73. The highest BCUT2D eigenvalue weighted by Gasteiger charge is 2.21. The van der Waals surface area contributed by atoms with E-state index in [4.69, 9.17) is 14.5 Å². The largest absolute Gasteiger partial charge is 0.494 e. The number of likely N-dealkylation sites (N-methyl/N-ethyl adjacent to an activating group) is 1. The average molecular weight is 348 g/mol. The molecule has 2 rings (SSSR count). The Kier molecular flexibility index (Phi) is 8.60. The molecule has 0 spiro atoms. The van der Waals surface area contributed by atoms with E-state index in [2.05, 4.69) is 36.3 Å². The van der Waals surface area contributed by atoms with Gasteiger partial charge in [0.15, 0.2) is 5.96 Å². The minimum atomic E-state index is 0.687. The van der Waals surface area contributed by atoms with Gasteiger partial charge < -0.3 is 19.7 Å². The number of hydrogen-bond acceptors (Lipinski definition) is 3. The zero-order chi connectivity index (χ0) is 17.9. The summed E-state index contributed by atoms with van der Waals surface area (Å²) in [7, 11) is 2.07. The summed E-state index contributed by atoms with van der Waals surface area (Å²) >= 11 is 0. The normalized spacial score (nSPS) is 14.4. The summed E-state index contributed by atoms with van der Waals surface area (Å²) in [6.07, 6.45) is 3.55. The van der Waals surface area contributed by atoms with Crippen LogP contribution in [0.4, 0.5) is 0 Å². The quantitative estimate of drug-likeness (QED) is 0.380. The van der Waals surface area contributed by atoms with E-state index in [1.807, 2.05) is 19.1 Å². The third kappa shape index (κ3) is 7.34. The molecule has 0 saturated heterocycles. The molecule has 1 aliphatic carbocycles. The van der Waals surface area contributed by atoms with Gasteiger partial charge in [-0.2, -0.15) is 0 Å². The van der Waals surface area contributed by atoms with E-state index in [1.54, 1.807) is 0 Å². The lowest BCUT2D eigenvalue weighted by Crippen LogP contribution is -2.40. The topological polar surface area (TPSA) is 46.1 Å². The van der Waals surface area contributed by atoms with Gasteiger partial charge in [-0.3, -0.25) is 4.99 Å². The van der Waals surface area contributed by atoms with E-state index in [1.165, 1.54) is 18.4 Å². The number of guanidine groups is 1. The molecule has 0 atom stereocenters. The number of para-hydroxylation sites is 1. The van der Waals surface area contributed by atoms with E-state index >= 15 is 0 Å². The monoisotopic (exact) mass is 347 g/mol. The molecule has 1 saturated carbocycles. The fraction of sp³-hybridized carbons (Fsp3) is 0.650. The smallest absolute Gasteiger partial charge is 0.193 e. The lowest BCUT2D eigenvalue weighted by atomic mass is 10.1. The Morgan fingerprint density at radius 2 is 2.08 bits per heavy atom. The molecule has 0 bridgehead atoms. The second-order valence-electron chi connectivity index (χ2n) is 6.47. The highest BCUT2D eigenvalue weighted by atomic mass is 16.5. The van der Waals surface area contributed by atoms with Crippen molar-refractivity contribution in [2.45, 2.75) is 33.1 Å². The van der Waals surface area contributed by atoms with Crippen molar-refractivity contribution in [2.24, 2.45) is 10.9 Å². The van der Waals surface area contributed by atoms with Gasteiger partial charge in [0, 0.05) is 33.3 Å². The van der Waals surface area contributed by atoms with Gasteiger partial charge in [0.05, 0.1) is 13.2 Å². The summed E-state index contributed by atoms with van der Waals surface area (Å²) in [6.45, 7) is 8.91. The van der Waals surface area contributed by atoms with Crippen LogP contribution in [0.1, 0.15) is 32.3 Å². The van der Waals surface area contributed by atoms with Gasteiger partial charge in [-0.15, -0.1) is 0 Å². The second-order valence-corrected chi connectivity index (χ2v) is 6.47. The fourth-order valence-electron chi connectivity index (χ4n) is 2.60. The van der Waals surface area contributed by atoms with Gasteiger partial charge in [0.1, 0.15) is 5.75 Å². The van der Waals surface area contributed by atoms with E-state index in [9.17, 15) is 0 Å². The average Bonchev–Trinajstić information content (AvgIpc) is 3.44. The highest BCUT2D eigenvalue weighted by Crippen LogP contribution is 2.28. The molecule has 0 aromatic heterocycles. The second kappa shape index (κ2) is 11.0. The zero-order valence-electron chi connectivity index (χ0n) is 16.0. The molecule has 5 nitrogen and oxygen atoms in total. The maximum Gasteiger partial charge on any atom is 0.193 e. The Bertz CT molecular complexity index is 529. The molecule has 1 aromatic carbocycles. The Balaban J connectivity index is 1.81. The molecule has 5 heteroatoms. The number of nitrogens with zero attached hydrogens (tertiary/aromatic N) is 2. The van der Waals surface area contributed by atoms with Crippen LogP contribution in [0, 0.1) is 5.92 Å². The first-order chi connectivity index (χ1) is 12.2. The Labute approximate surface area is 152 Å². The minimum absolute atomic E-state index is 0.687. The van der Waals surface area contributed by atoms with Crippen molar-refractivity contribution in [2.75, 3.05) is 46.5 Å². The predicted molar refractivity (Wildman–Crippen MR) is 103 cm³/mol. The molecule has 1 aliphatic rings. The molecule has 0 radical (unpaired) electrons. The summed E-state index contributed by atoms with van der Waals surface area (Å²) in [5.74, 6) is 2.72. The lowest BCUT2D eigenvalue weighted by molar-refractivity contribution is 0.115. The van der Waals surface area contributed by atoms with Crippen LogP contribution in [-0.4, -0.2) is 57.4 Å². The maximum absolute atomic E-state index is 5.73. The van der Waals surface area contributed by atoms with Crippen LogP contribution < -0.4 is 10.1 Å². The minimum Gasteiger partial charge on any atom is -0.494 e.